The molecular formula is C57H95N7O15. The highest BCUT2D eigenvalue weighted by Crippen LogP contribution is 2.32. The second-order valence-corrected chi connectivity index (χ2v) is 24.0. The molecular weight excluding hydrogens is 1020 g/mol. The lowest BCUT2D eigenvalue weighted by molar-refractivity contribution is -0.163. The molecule has 4 fully saturated rings. The van der Waals surface area contributed by atoms with Crippen molar-refractivity contribution in [1.82, 2.24) is 35.6 Å². The van der Waals surface area contributed by atoms with Gasteiger partial charge in [-0.15, -0.1) is 0 Å². The van der Waals surface area contributed by atoms with E-state index in [2.05, 4.69) is 16.0 Å². The number of ketones is 1. The Kier molecular flexibility index (Phi) is 25.2. The monoisotopic (exact) mass is 1120 g/mol. The minimum atomic E-state index is -1.73. The van der Waals surface area contributed by atoms with Gasteiger partial charge in [0.25, 0.3) is 5.91 Å². The number of esters is 2. The molecule has 448 valence electrons. The van der Waals surface area contributed by atoms with Gasteiger partial charge in [0.15, 0.2) is 11.9 Å². The maximum Gasteiger partial charge on any atom is 0.329 e. The number of likely N-dealkylation sites (tertiary alicyclic amines) is 1. The van der Waals surface area contributed by atoms with Gasteiger partial charge in [-0.25, -0.2) is 4.79 Å². The lowest BCUT2D eigenvalue weighted by atomic mass is 9.83. The molecule has 7 amide bonds. The van der Waals surface area contributed by atoms with E-state index in [1.54, 1.807) is 34.8 Å². The highest BCUT2D eigenvalue weighted by molar-refractivity contribution is 6.05. The molecule has 0 radical (unpaired) electrons. The van der Waals surface area contributed by atoms with Gasteiger partial charge in [0.05, 0.1) is 30.6 Å². The molecule has 0 aromatic carbocycles. The predicted molar refractivity (Wildman–Crippen MR) is 291 cm³/mol. The van der Waals surface area contributed by atoms with Crippen molar-refractivity contribution < 1.29 is 72.4 Å². The zero-order valence-electron chi connectivity index (χ0n) is 49.5. The summed E-state index contributed by atoms with van der Waals surface area (Å²) in [5.74, 6) is -10.5. The summed E-state index contributed by atoms with van der Waals surface area (Å²) in [5, 5.41) is 30.3. The Bertz CT molecular complexity index is 2150. The largest absolute Gasteiger partial charge is 0.458 e. The minimum Gasteiger partial charge on any atom is -0.458 e. The van der Waals surface area contributed by atoms with Crippen LogP contribution >= 0.6 is 0 Å². The van der Waals surface area contributed by atoms with Crippen molar-refractivity contribution in [2.24, 2.45) is 35.5 Å². The summed E-state index contributed by atoms with van der Waals surface area (Å²) in [6.45, 7) is 18.6. The number of hydrogen-bond acceptors (Lipinski definition) is 15. The van der Waals surface area contributed by atoms with Crippen LogP contribution in [0.15, 0.2) is 0 Å². The normalized spacial score (nSPS) is 30.8. The molecule has 22 nitrogen and oxygen atoms in total. The van der Waals surface area contributed by atoms with Crippen LogP contribution in [0.4, 0.5) is 0 Å². The van der Waals surface area contributed by atoms with Gasteiger partial charge in [-0.1, -0.05) is 61.8 Å². The molecule has 13 atom stereocenters. The third-order valence-electron chi connectivity index (χ3n) is 16.6. The van der Waals surface area contributed by atoms with E-state index in [0.717, 1.165) is 0 Å². The van der Waals surface area contributed by atoms with Gasteiger partial charge in [-0.3, -0.25) is 43.2 Å². The van der Waals surface area contributed by atoms with Crippen molar-refractivity contribution in [2.75, 3.05) is 34.3 Å². The number of likely N-dealkylation sites (N-methyl/N-ethyl adjacent to an activating group) is 2. The summed E-state index contributed by atoms with van der Waals surface area (Å²) in [7, 11) is 4.52. The Morgan fingerprint density at radius 3 is 2.04 bits per heavy atom. The van der Waals surface area contributed by atoms with Gasteiger partial charge < -0.3 is 60.0 Å². The number of carbonyl (C=O) groups is 10. The van der Waals surface area contributed by atoms with Crippen LogP contribution in [0.1, 0.15) is 160 Å². The first-order chi connectivity index (χ1) is 37.0. The summed E-state index contributed by atoms with van der Waals surface area (Å²) in [6.07, 6.45) is -1.75. The van der Waals surface area contributed by atoms with Crippen LogP contribution in [-0.2, 0) is 62.2 Å². The van der Waals surface area contributed by atoms with Crippen LogP contribution < -0.4 is 16.0 Å². The number of Topliss-reactive ketones (excluding diaryl/α,β-unsaturated/α-hetero) is 1. The van der Waals surface area contributed by atoms with Gasteiger partial charge in [0.1, 0.15) is 48.5 Å². The predicted octanol–water partition coefficient (Wildman–Crippen LogP) is 2.66. The van der Waals surface area contributed by atoms with Gasteiger partial charge in [0, 0.05) is 34.3 Å². The molecule has 3 aliphatic heterocycles. The molecule has 0 spiro atoms. The van der Waals surface area contributed by atoms with Crippen molar-refractivity contribution >= 4 is 59.1 Å². The number of aliphatic hydroxyl groups excluding tert-OH is 2. The van der Waals surface area contributed by atoms with Gasteiger partial charge in [-0.2, -0.15) is 0 Å². The number of methoxy groups -OCH3 is 1. The number of ether oxygens (including phenoxy) is 3. The van der Waals surface area contributed by atoms with E-state index >= 15 is 9.59 Å². The summed E-state index contributed by atoms with van der Waals surface area (Å²) < 4.78 is 17.6. The van der Waals surface area contributed by atoms with Crippen LogP contribution in [-0.4, -0.2) is 196 Å². The Morgan fingerprint density at radius 1 is 0.835 bits per heavy atom. The Labute approximate surface area is 467 Å². The fourth-order valence-electron chi connectivity index (χ4n) is 11.5. The molecule has 3 saturated heterocycles. The van der Waals surface area contributed by atoms with Gasteiger partial charge in [0.2, 0.25) is 35.4 Å². The topological polar surface area (TPSA) is 288 Å². The second kappa shape index (κ2) is 30.0. The first kappa shape index (κ1) is 66.3. The summed E-state index contributed by atoms with van der Waals surface area (Å²) in [4.78, 5) is 149. The van der Waals surface area contributed by atoms with E-state index in [9.17, 15) is 48.6 Å². The van der Waals surface area contributed by atoms with Gasteiger partial charge >= 0.3 is 11.9 Å². The molecule has 4 aliphatic rings. The van der Waals surface area contributed by atoms with Crippen LogP contribution in [0.25, 0.3) is 0 Å². The second-order valence-electron chi connectivity index (χ2n) is 24.0. The van der Waals surface area contributed by atoms with E-state index in [-0.39, 0.29) is 69.1 Å². The smallest absolute Gasteiger partial charge is 0.329 e. The van der Waals surface area contributed by atoms with Crippen LogP contribution in [0.5, 0.6) is 0 Å². The SMILES string of the molecule is CC[C@H](C)[C@@H]1NC(=O)[C@H](NC(=O)[C@@H](CC(C)C)N(C)C(=O)[C@@H]2CCCN2C(=O)[C@H](C)O)[C@@H](C)OC(=O)[C@H](CC2CCC(OC)CC2)N(C)C(=O)[C@@H]2CCCN2C(=O)[C@H](CC(C)C)NC(=O)[C@@H](C)C(=O)[C@H](C(C)C)OC(=O)C[C@@H]1O. The van der Waals surface area contributed by atoms with Crippen molar-refractivity contribution in [3.05, 3.63) is 0 Å². The van der Waals surface area contributed by atoms with Crippen LogP contribution in [0.2, 0.25) is 0 Å². The first-order valence-corrected chi connectivity index (χ1v) is 28.9. The van der Waals surface area contributed by atoms with E-state index in [1.807, 2.05) is 27.7 Å². The highest BCUT2D eigenvalue weighted by Gasteiger charge is 2.46. The quantitative estimate of drug-likeness (QED) is 0.116. The lowest BCUT2D eigenvalue weighted by Crippen LogP contribution is -2.62. The third kappa shape index (κ3) is 17.4. The van der Waals surface area contributed by atoms with Crippen molar-refractivity contribution in [3.63, 3.8) is 0 Å². The fourth-order valence-corrected chi connectivity index (χ4v) is 11.5. The summed E-state index contributed by atoms with van der Waals surface area (Å²) in [5.41, 5.74) is 0. The Balaban J connectivity index is 1.87. The van der Waals surface area contributed by atoms with Crippen LogP contribution in [0.3, 0.4) is 0 Å². The maximum absolute atomic E-state index is 15.0. The molecule has 1 saturated carbocycles. The molecule has 0 unspecified atom stereocenters. The third-order valence-corrected chi connectivity index (χ3v) is 16.6. The fraction of sp³-hybridized carbons (Fsp3) is 0.825. The summed E-state index contributed by atoms with van der Waals surface area (Å²) >= 11 is 0. The minimum absolute atomic E-state index is 0.0125. The average Bonchev–Trinajstić information content (AvgIpc) is 4.13. The zero-order chi connectivity index (χ0) is 59.3. The Morgan fingerprint density at radius 2 is 1.47 bits per heavy atom. The number of nitrogens with one attached hydrogen (secondary N) is 3. The van der Waals surface area contributed by atoms with E-state index in [4.69, 9.17) is 14.2 Å². The van der Waals surface area contributed by atoms with E-state index < -0.39 is 150 Å². The number of rotatable bonds is 15. The number of aliphatic hydroxyl groups is 2. The molecule has 0 bridgehead atoms. The number of cyclic esters (lactones) is 2. The average molecular weight is 1120 g/mol. The zero-order valence-corrected chi connectivity index (χ0v) is 49.5. The molecule has 1 aliphatic carbocycles. The molecule has 4 rings (SSSR count). The van der Waals surface area contributed by atoms with Crippen molar-refractivity contribution in [2.45, 2.75) is 232 Å². The van der Waals surface area contributed by atoms with Crippen LogP contribution in [0, 0.1) is 35.5 Å². The summed E-state index contributed by atoms with van der Waals surface area (Å²) in [6, 6.07) is -8.60. The maximum atomic E-state index is 15.0. The number of carbonyl (C=O) groups excluding carboxylic acids is 10. The van der Waals surface area contributed by atoms with Gasteiger partial charge in [-0.05, 0) is 121 Å². The molecule has 0 aromatic rings. The van der Waals surface area contributed by atoms with E-state index in [0.29, 0.717) is 44.9 Å². The standard InChI is InChI=1S/C57H95N7O15/c1-15-33(8)46-44(66)29-45(67)79-49(32(6)7)48(68)34(9)50(69)58-39(26-30(2)3)54(73)64-25-17-19-41(64)56(75)62(13)43(28-37-20-22-38(77-14)23-21-37)57(76)78-36(11)47(52(71)59-46)60-51(70)42(27-31(4)5)61(12)55(74)40-18-16-24-63(40)53(72)35(10)65/h30-44,46-47,49,65-66H,15-29H2,1-14H3,(H,58,69)(H,59,71)(H,60,70)/t33-,34-,35-,36+,37?,38?,39-,40-,41-,42+,43-,44-,46-,47+,49-/m0/s1. The molecule has 22 heteroatoms. The van der Waals surface area contributed by atoms with E-state index in [1.165, 1.54) is 54.5 Å². The first-order valence-electron chi connectivity index (χ1n) is 28.9. The Hall–Kier alpha value is -5.22. The highest BCUT2D eigenvalue weighted by atomic mass is 16.6. The lowest BCUT2D eigenvalue weighted by Gasteiger charge is -2.37. The van der Waals surface area contributed by atoms with Crippen molar-refractivity contribution in [3.8, 4) is 0 Å². The number of fused-ring (bicyclic) bond motifs is 1. The molecule has 5 N–H and O–H groups in total. The molecule has 0 aromatic heterocycles. The number of hydrogen-bond donors (Lipinski definition) is 5. The molecule has 79 heavy (non-hydrogen) atoms. The molecule has 3 heterocycles. The number of amides is 7. The van der Waals surface area contributed by atoms with Crippen molar-refractivity contribution in [1.29, 1.82) is 0 Å². The number of nitrogens with zero attached hydrogens (tertiary/aromatic N) is 4.